The first-order chi connectivity index (χ1) is 9.28. The molecule has 0 saturated heterocycles. The molecule has 0 aliphatic heterocycles. The van der Waals surface area contributed by atoms with Crippen LogP contribution in [0.4, 0.5) is 5.82 Å². The number of nitrogens with one attached hydrogen (secondary N) is 1. The topological polar surface area (TPSA) is 72.9 Å². The molecule has 0 saturated carbocycles. The summed E-state index contributed by atoms with van der Waals surface area (Å²) in [5, 5.41) is 2.69. The molecular formula is C13H12N4OS. The number of thiophene rings is 1. The van der Waals surface area contributed by atoms with Gasteiger partial charge in [-0.05, 0) is 29.1 Å². The Kier molecular flexibility index (Phi) is 3.02. The molecule has 0 amide bonds. The highest BCUT2D eigenvalue weighted by molar-refractivity contribution is 7.17. The number of nitrogens with zero attached hydrogens (tertiary/aromatic N) is 2. The van der Waals surface area contributed by atoms with Crippen molar-refractivity contribution in [2.24, 2.45) is 5.84 Å². The van der Waals surface area contributed by atoms with Crippen LogP contribution in [0.15, 0.2) is 46.8 Å². The minimum absolute atomic E-state index is 0.0276. The van der Waals surface area contributed by atoms with Gasteiger partial charge in [0, 0.05) is 17.1 Å². The smallest absolute Gasteiger partial charge is 0.259 e. The van der Waals surface area contributed by atoms with Gasteiger partial charge in [0.2, 0.25) is 0 Å². The van der Waals surface area contributed by atoms with Crippen molar-refractivity contribution in [1.82, 2.24) is 9.55 Å². The van der Waals surface area contributed by atoms with Crippen LogP contribution in [-0.4, -0.2) is 9.55 Å². The Bertz CT molecular complexity index is 760. The standard InChI is InChI=1S/C13H12N4OS/c14-16-12-2-1-9(7-15-12)8-17-5-3-11-10(13(17)18)4-6-19-11/h1-7H,8,14H2,(H,15,16). The average Bonchev–Trinajstić information content (AvgIpc) is 2.92. The van der Waals surface area contributed by atoms with E-state index in [4.69, 9.17) is 5.84 Å². The number of aromatic nitrogens is 2. The largest absolute Gasteiger partial charge is 0.310 e. The zero-order valence-corrected chi connectivity index (χ0v) is 10.9. The molecule has 6 heteroatoms. The summed E-state index contributed by atoms with van der Waals surface area (Å²) < 4.78 is 2.70. The third-order valence-corrected chi connectivity index (χ3v) is 3.80. The van der Waals surface area contributed by atoms with Gasteiger partial charge in [-0.25, -0.2) is 10.8 Å². The number of fused-ring (bicyclic) bond motifs is 1. The van der Waals surface area contributed by atoms with Gasteiger partial charge in [0.25, 0.3) is 5.56 Å². The first-order valence-corrected chi connectivity index (χ1v) is 6.64. The maximum atomic E-state index is 12.2. The number of nitrogens with two attached hydrogens (primary N) is 1. The lowest BCUT2D eigenvalue weighted by Gasteiger charge is -2.06. The Labute approximate surface area is 113 Å². The van der Waals surface area contributed by atoms with Crippen LogP contribution in [0, 0.1) is 0 Å². The molecular weight excluding hydrogens is 260 g/mol. The lowest BCUT2D eigenvalue weighted by molar-refractivity contribution is 0.765. The molecule has 3 rings (SSSR count). The Hall–Kier alpha value is -2.18. The Balaban J connectivity index is 1.95. The SMILES string of the molecule is NNc1ccc(Cn2ccc3sccc3c2=O)cn1. The molecule has 0 fully saturated rings. The molecule has 96 valence electrons. The Morgan fingerprint density at radius 3 is 2.95 bits per heavy atom. The van der Waals surface area contributed by atoms with Crippen LogP contribution in [0.25, 0.3) is 10.1 Å². The van der Waals surface area contributed by atoms with E-state index in [9.17, 15) is 4.79 Å². The highest BCUT2D eigenvalue weighted by Gasteiger charge is 2.04. The van der Waals surface area contributed by atoms with E-state index in [1.807, 2.05) is 29.8 Å². The monoisotopic (exact) mass is 272 g/mol. The number of anilines is 1. The highest BCUT2D eigenvalue weighted by atomic mass is 32.1. The predicted octanol–water partition coefficient (Wildman–Crippen LogP) is 1.79. The summed E-state index contributed by atoms with van der Waals surface area (Å²) >= 11 is 1.57. The summed E-state index contributed by atoms with van der Waals surface area (Å²) in [6.07, 6.45) is 3.52. The van der Waals surface area contributed by atoms with E-state index in [1.54, 1.807) is 28.2 Å². The van der Waals surface area contributed by atoms with Crippen molar-refractivity contribution in [3.63, 3.8) is 0 Å². The fourth-order valence-corrected chi connectivity index (χ4v) is 2.70. The van der Waals surface area contributed by atoms with E-state index in [1.165, 1.54) is 0 Å². The summed E-state index contributed by atoms with van der Waals surface area (Å²) in [6, 6.07) is 7.50. The molecule has 3 heterocycles. The number of hydrogen-bond donors (Lipinski definition) is 2. The normalized spacial score (nSPS) is 10.8. The summed E-state index contributed by atoms with van der Waals surface area (Å²) in [4.78, 5) is 16.4. The van der Waals surface area contributed by atoms with Gasteiger partial charge >= 0.3 is 0 Å². The van der Waals surface area contributed by atoms with Crippen LogP contribution in [-0.2, 0) is 6.54 Å². The van der Waals surface area contributed by atoms with Gasteiger partial charge < -0.3 is 9.99 Å². The maximum Gasteiger partial charge on any atom is 0.259 e. The van der Waals surface area contributed by atoms with Gasteiger partial charge in [0.05, 0.1) is 11.9 Å². The van der Waals surface area contributed by atoms with Crippen LogP contribution in [0.2, 0.25) is 0 Å². The van der Waals surface area contributed by atoms with Gasteiger partial charge in [-0.15, -0.1) is 11.3 Å². The fraction of sp³-hybridized carbons (Fsp3) is 0.0769. The first kappa shape index (κ1) is 11.9. The van der Waals surface area contributed by atoms with Crippen molar-refractivity contribution in [3.8, 4) is 0 Å². The molecule has 19 heavy (non-hydrogen) atoms. The van der Waals surface area contributed by atoms with Gasteiger partial charge in [-0.2, -0.15) is 0 Å². The van der Waals surface area contributed by atoms with Crippen molar-refractivity contribution in [2.45, 2.75) is 6.54 Å². The molecule has 0 unspecified atom stereocenters. The summed E-state index contributed by atoms with van der Waals surface area (Å²) in [5.74, 6) is 5.86. The molecule has 0 atom stereocenters. The predicted molar refractivity (Wildman–Crippen MR) is 77.2 cm³/mol. The van der Waals surface area contributed by atoms with E-state index < -0.39 is 0 Å². The van der Waals surface area contributed by atoms with Gasteiger partial charge in [-0.3, -0.25) is 4.79 Å². The van der Waals surface area contributed by atoms with E-state index in [0.717, 1.165) is 15.6 Å². The van der Waals surface area contributed by atoms with E-state index in [2.05, 4.69) is 10.4 Å². The molecule has 0 spiro atoms. The van der Waals surface area contributed by atoms with Crippen molar-refractivity contribution in [1.29, 1.82) is 0 Å². The summed E-state index contributed by atoms with van der Waals surface area (Å²) in [5.41, 5.74) is 3.45. The second-order valence-electron chi connectivity index (χ2n) is 4.14. The zero-order chi connectivity index (χ0) is 13.2. The molecule has 3 aromatic rings. The minimum Gasteiger partial charge on any atom is -0.310 e. The third-order valence-electron chi connectivity index (χ3n) is 2.92. The molecule has 0 aliphatic carbocycles. The lowest BCUT2D eigenvalue weighted by atomic mass is 10.2. The molecule has 3 N–H and O–H groups in total. The van der Waals surface area contributed by atoms with Gasteiger partial charge in [0.15, 0.2) is 0 Å². The third kappa shape index (κ3) is 2.23. The van der Waals surface area contributed by atoms with Crippen LogP contribution >= 0.6 is 11.3 Å². The Morgan fingerprint density at radius 2 is 2.21 bits per heavy atom. The highest BCUT2D eigenvalue weighted by Crippen LogP contribution is 2.16. The van der Waals surface area contributed by atoms with Crippen molar-refractivity contribution in [2.75, 3.05) is 5.43 Å². The quantitative estimate of drug-likeness (QED) is 0.563. The van der Waals surface area contributed by atoms with Crippen LogP contribution in [0.3, 0.4) is 0 Å². The number of rotatable bonds is 3. The maximum absolute atomic E-state index is 12.2. The molecule has 0 aromatic carbocycles. The minimum atomic E-state index is 0.0276. The number of pyridine rings is 2. The molecule has 5 nitrogen and oxygen atoms in total. The van der Waals surface area contributed by atoms with Gasteiger partial charge in [0.1, 0.15) is 5.82 Å². The van der Waals surface area contributed by atoms with E-state index >= 15 is 0 Å². The number of nitrogen functional groups attached to an aromatic ring is 1. The summed E-state index contributed by atoms with van der Waals surface area (Å²) in [6.45, 7) is 0.502. The van der Waals surface area contributed by atoms with Crippen LogP contribution < -0.4 is 16.8 Å². The second kappa shape index (κ2) is 4.83. The average molecular weight is 272 g/mol. The number of hydrogen-bond acceptors (Lipinski definition) is 5. The van der Waals surface area contributed by atoms with Crippen molar-refractivity contribution < 1.29 is 0 Å². The number of hydrazine groups is 1. The first-order valence-electron chi connectivity index (χ1n) is 5.76. The Morgan fingerprint density at radius 1 is 1.32 bits per heavy atom. The van der Waals surface area contributed by atoms with Gasteiger partial charge in [-0.1, -0.05) is 6.07 Å². The van der Waals surface area contributed by atoms with Crippen LogP contribution in [0.5, 0.6) is 0 Å². The van der Waals surface area contributed by atoms with Crippen LogP contribution in [0.1, 0.15) is 5.56 Å². The zero-order valence-electron chi connectivity index (χ0n) is 10.0. The second-order valence-corrected chi connectivity index (χ2v) is 5.09. The van der Waals surface area contributed by atoms with Crippen molar-refractivity contribution in [3.05, 3.63) is 58.0 Å². The van der Waals surface area contributed by atoms with E-state index in [-0.39, 0.29) is 5.56 Å². The fourth-order valence-electron chi connectivity index (χ4n) is 1.93. The summed E-state index contributed by atoms with van der Waals surface area (Å²) in [7, 11) is 0. The van der Waals surface area contributed by atoms with E-state index in [0.29, 0.717) is 12.4 Å². The molecule has 3 aromatic heterocycles. The lowest BCUT2D eigenvalue weighted by Crippen LogP contribution is -2.19. The molecule has 0 bridgehead atoms. The molecule has 0 radical (unpaired) electrons. The van der Waals surface area contributed by atoms with Crippen molar-refractivity contribution >= 4 is 27.2 Å². The molecule has 0 aliphatic rings.